The molecular formula is C13H13ClN2O4. The lowest BCUT2D eigenvalue weighted by Gasteiger charge is -2.14. The lowest BCUT2D eigenvalue weighted by Crippen LogP contribution is -2.36. The number of nitrogens with one attached hydrogen (secondary N) is 1. The van der Waals surface area contributed by atoms with Crippen LogP contribution in [0.3, 0.4) is 0 Å². The highest BCUT2D eigenvalue weighted by Gasteiger charge is 2.14. The molecule has 0 aliphatic carbocycles. The summed E-state index contributed by atoms with van der Waals surface area (Å²) in [4.78, 5) is 16.7. The second-order valence-electron chi connectivity index (χ2n) is 3.96. The van der Waals surface area contributed by atoms with Gasteiger partial charge in [-0.05, 0) is 31.2 Å². The molecule has 0 saturated heterocycles. The van der Waals surface area contributed by atoms with E-state index in [1.807, 2.05) is 0 Å². The molecule has 0 aliphatic heterocycles. The van der Waals surface area contributed by atoms with Gasteiger partial charge in [-0.15, -0.1) is 0 Å². The van der Waals surface area contributed by atoms with Crippen molar-refractivity contribution in [2.45, 2.75) is 19.6 Å². The lowest BCUT2D eigenvalue weighted by molar-refractivity contribution is -0.141. The van der Waals surface area contributed by atoms with Crippen molar-refractivity contribution in [2.24, 2.45) is 0 Å². The summed E-state index contributed by atoms with van der Waals surface area (Å²) in [6.45, 7) is 1.74. The molecule has 0 aliphatic rings. The molecule has 7 heteroatoms. The summed E-state index contributed by atoms with van der Waals surface area (Å²) in [7, 11) is 0. The molecule has 2 rings (SSSR count). The number of carbonyl (C=O) groups excluding carboxylic acids is 1. The standard InChI is InChI=1S/C13H13ClN2O4/c1-9(20-12-4-2-10(14)3-5-12)13(17)16-19-8-11-6-7-18-15-11/h2-7,9H,8H2,1H3,(H,16,17)/t9-/m0/s1. The number of rotatable bonds is 6. The molecule has 1 aromatic carbocycles. The Morgan fingerprint density at radius 3 is 2.80 bits per heavy atom. The smallest absolute Gasteiger partial charge is 0.284 e. The molecule has 1 heterocycles. The van der Waals surface area contributed by atoms with Crippen LogP contribution in [0.5, 0.6) is 5.75 Å². The van der Waals surface area contributed by atoms with Crippen LogP contribution in [0.25, 0.3) is 0 Å². The van der Waals surface area contributed by atoms with Gasteiger partial charge in [0.2, 0.25) is 0 Å². The average Bonchev–Trinajstić information content (AvgIpc) is 2.94. The highest BCUT2D eigenvalue weighted by Crippen LogP contribution is 2.16. The van der Waals surface area contributed by atoms with Gasteiger partial charge in [0.1, 0.15) is 24.3 Å². The van der Waals surface area contributed by atoms with Crippen molar-refractivity contribution in [1.82, 2.24) is 10.6 Å². The van der Waals surface area contributed by atoms with Crippen molar-refractivity contribution in [3.05, 3.63) is 47.3 Å². The highest BCUT2D eigenvalue weighted by atomic mass is 35.5. The van der Waals surface area contributed by atoms with Crippen molar-refractivity contribution < 1.29 is 18.9 Å². The number of amides is 1. The van der Waals surface area contributed by atoms with Crippen LogP contribution in [0.2, 0.25) is 5.02 Å². The maximum Gasteiger partial charge on any atom is 0.284 e. The molecule has 0 saturated carbocycles. The Bertz CT molecular complexity index is 542. The zero-order valence-corrected chi connectivity index (χ0v) is 11.5. The Morgan fingerprint density at radius 2 is 2.15 bits per heavy atom. The molecule has 1 amide bonds. The van der Waals surface area contributed by atoms with E-state index in [1.54, 1.807) is 37.3 Å². The third kappa shape index (κ3) is 4.25. The van der Waals surface area contributed by atoms with E-state index in [0.717, 1.165) is 0 Å². The van der Waals surface area contributed by atoms with E-state index in [1.165, 1.54) is 6.26 Å². The minimum Gasteiger partial charge on any atom is -0.481 e. The van der Waals surface area contributed by atoms with Crippen LogP contribution in [0, 0.1) is 0 Å². The molecule has 0 bridgehead atoms. The number of halogens is 1. The van der Waals surface area contributed by atoms with Crippen LogP contribution in [0.1, 0.15) is 12.6 Å². The summed E-state index contributed by atoms with van der Waals surface area (Å²) in [6, 6.07) is 8.37. The van der Waals surface area contributed by atoms with Crippen LogP contribution in [-0.4, -0.2) is 17.2 Å². The first-order valence-electron chi connectivity index (χ1n) is 5.88. The maximum absolute atomic E-state index is 11.7. The van der Waals surface area contributed by atoms with Crippen LogP contribution in [-0.2, 0) is 16.2 Å². The molecular weight excluding hydrogens is 284 g/mol. The fourth-order valence-electron chi connectivity index (χ4n) is 1.35. The van der Waals surface area contributed by atoms with E-state index in [4.69, 9.17) is 21.2 Å². The molecule has 1 atom stereocenters. The lowest BCUT2D eigenvalue weighted by atomic mass is 10.3. The highest BCUT2D eigenvalue weighted by molar-refractivity contribution is 6.30. The Kier molecular flexibility index (Phi) is 4.97. The largest absolute Gasteiger partial charge is 0.481 e. The Balaban J connectivity index is 1.75. The van der Waals surface area contributed by atoms with E-state index in [-0.39, 0.29) is 6.61 Å². The van der Waals surface area contributed by atoms with Crippen LogP contribution in [0.4, 0.5) is 0 Å². The summed E-state index contributed by atoms with van der Waals surface area (Å²) in [6.07, 6.45) is 0.723. The van der Waals surface area contributed by atoms with E-state index in [2.05, 4.69) is 15.2 Å². The van der Waals surface area contributed by atoms with Gasteiger partial charge in [0.25, 0.3) is 5.91 Å². The molecule has 20 heavy (non-hydrogen) atoms. The molecule has 0 fully saturated rings. The van der Waals surface area contributed by atoms with Crippen LogP contribution in [0.15, 0.2) is 41.1 Å². The predicted octanol–water partition coefficient (Wildman–Crippen LogP) is 2.34. The second-order valence-corrected chi connectivity index (χ2v) is 4.40. The van der Waals surface area contributed by atoms with E-state index in [0.29, 0.717) is 16.5 Å². The molecule has 2 aromatic rings. The van der Waals surface area contributed by atoms with Crippen molar-refractivity contribution in [3.8, 4) is 5.75 Å². The molecule has 6 nitrogen and oxygen atoms in total. The van der Waals surface area contributed by atoms with Crippen molar-refractivity contribution >= 4 is 17.5 Å². The predicted molar refractivity (Wildman–Crippen MR) is 71.0 cm³/mol. The first-order chi connectivity index (χ1) is 9.65. The third-order valence-electron chi connectivity index (χ3n) is 2.38. The summed E-state index contributed by atoms with van der Waals surface area (Å²) in [5.74, 6) is 0.150. The van der Waals surface area contributed by atoms with Crippen molar-refractivity contribution in [3.63, 3.8) is 0 Å². The Hall–Kier alpha value is -2.05. The van der Waals surface area contributed by atoms with E-state index >= 15 is 0 Å². The van der Waals surface area contributed by atoms with Gasteiger partial charge < -0.3 is 9.26 Å². The number of benzene rings is 1. The van der Waals surface area contributed by atoms with E-state index < -0.39 is 12.0 Å². The van der Waals surface area contributed by atoms with Gasteiger partial charge in [0, 0.05) is 11.1 Å². The summed E-state index contributed by atoms with van der Waals surface area (Å²) >= 11 is 5.76. The molecule has 0 spiro atoms. The maximum atomic E-state index is 11.7. The first kappa shape index (κ1) is 14.4. The summed E-state index contributed by atoms with van der Waals surface area (Å²) < 4.78 is 10.1. The van der Waals surface area contributed by atoms with Gasteiger partial charge in [-0.2, -0.15) is 0 Å². The number of hydrogen-bond acceptors (Lipinski definition) is 5. The number of ether oxygens (including phenoxy) is 1. The minimum absolute atomic E-state index is 0.121. The monoisotopic (exact) mass is 296 g/mol. The van der Waals surface area contributed by atoms with Gasteiger partial charge in [0.15, 0.2) is 6.10 Å². The van der Waals surface area contributed by atoms with Gasteiger partial charge in [-0.3, -0.25) is 9.63 Å². The quantitative estimate of drug-likeness (QED) is 0.828. The third-order valence-corrected chi connectivity index (χ3v) is 2.63. The summed E-state index contributed by atoms with van der Waals surface area (Å²) in [5.41, 5.74) is 2.86. The fourth-order valence-corrected chi connectivity index (χ4v) is 1.47. The van der Waals surface area contributed by atoms with Gasteiger partial charge in [-0.25, -0.2) is 5.48 Å². The average molecular weight is 297 g/mol. The fraction of sp³-hybridized carbons (Fsp3) is 0.231. The number of carbonyl (C=O) groups is 1. The zero-order valence-electron chi connectivity index (χ0n) is 10.7. The molecule has 0 unspecified atom stereocenters. The van der Waals surface area contributed by atoms with Crippen molar-refractivity contribution in [1.29, 1.82) is 0 Å². The number of hydrogen-bond donors (Lipinski definition) is 1. The normalized spacial score (nSPS) is 11.9. The Labute approximate surface area is 120 Å². The van der Waals surface area contributed by atoms with Gasteiger partial charge in [-0.1, -0.05) is 16.8 Å². The number of hydroxylamine groups is 1. The molecule has 1 N–H and O–H groups in total. The minimum atomic E-state index is -0.700. The van der Waals surface area contributed by atoms with Gasteiger partial charge in [0.05, 0.1) is 0 Å². The van der Waals surface area contributed by atoms with Crippen LogP contribution < -0.4 is 10.2 Å². The second kappa shape index (κ2) is 6.93. The number of aromatic nitrogens is 1. The first-order valence-corrected chi connectivity index (χ1v) is 6.26. The SMILES string of the molecule is C[C@H](Oc1ccc(Cl)cc1)C(=O)NOCc1ccon1. The zero-order chi connectivity index (χ0) is 14.4. The van der Waals surface area contributed by atoms with E-state index in [9.17, 15) is 4.79 Å². The molecule has 0 radical (unpaired) electrons. The molecule has 106 valence electrons. The Morgan fingerprint density at radius 1 is 1.40 bits per heavy atom. The molecule has 1 aromatic heterocycles. The topological polar surface area (TPSA) is 73.6 Å². The summed E-state index contributed by atoms with van der Waals surface area (Å²) in [5, 5.41) is 4.24. The van der Waals surface area contributed by atoms with Crippen LogP contribution >= 0.6 is 11.6 Å². The number of nitrogens with zero attached hydrogens (tertiary/aromatic N) is 1. The van der Waals surface area contributed by atoms with Gasteiger partial charge >= 0.3 is 0 Å². The van der Waals surface area contributed by atoms with Crippen molar-refractivity contribution in [2.75, 3.05) is 0 Å².